The van der Waals surface area contributed by atoms with Crippen LogP contribution in [-0.2, 0) is 14.3 Å². The molecule has 2 aromatic carbocycles. The van der Waals surface area contributed by atoms with E-state index in [-0.39, 0.29) is 18.9 Å². The summed E-state index contributed by atoms with van der Waals surface area (Å²) in [7, 11) is 1.16. The van der Waals surface area contributed by atoms with Gasteiger partial charge in [0, 0.05) is 11.4 Å². The number of aromatic amines is 4. The van der Waals surface area contributed by atoms with E-state index in [0.717, 1.165) is 7.11 Å². The smallest absolute Gasteiger partial charge is 0.548 e. The molecule has 17 heteroatoms. The summed E-state index contributed by atoms with van der Waals surface area (Å²) < 4.78 is 9.34. The van der Waals surface area contributed by atoms with Crippen LogP contribution in [0.2, 0.25) is 0 Å². The van der Waals surface area contributed by atoms with Crippen molar-refractivity contribution in [1.29, 1.82) is 0 Å². The zero-order chi connectivity index (χ0) is 26.7. The van der Waals surface area contributed by atoms with Crippen LogP contribution in [0.3, 0.4) is 0 Å². The van der Waals surface area contributed by atoms with Gasteiger partial charge in [-0.25, -0.2) is 4.79 Å². The molecular formula is C21H19LiN8O4S4. The van der Waals surface area contributed by atoms with E-state index >= 15 is 0 Å². The van der Waals surface area contributed by atoms with Crippen LogP contribution in [0.25, 0.3) is 11.4 Å². The van der Waals surface area contributed by atoms with Crippen LogP contribution in [0, 0.1) is 19.1 Å². The number of H-pyrrole nitrogens is 4. The molecule has 0 bridgehead atoms. The SMILES string of the molecule is COC(=O)C(Nc1cccc(-n2c(=S)[nH][nH]c2=S)c1)C(Nc1cccc(-n2c(=S)[nH][nH]c2=S)c1)C(=O)[O-].[Li+]. The average Bonchev–Trinajstić information content (AvgIpc) is 3.40. The van der Waals surface area contributed by atoms with E-state index in [1.165, 1.54) is 0 Å². The Labute approximate surface area is 247 Å². The predicted octanol–water partition coefficient (Wildman–Crippen LogP) is -0.314. The van der Waals surface area contributed by atoms with Crippen LogP contribution in [-0.4, -0.2) is 60.7 Å². The zero-order valence-electron chi connectivity index (χ0n) is 19.9. The number of benzene rings is 2. The second-order valence-electron chi connectivity index (χ2n) is 7.58. The molecule has 0 amide bonds. The third-order valence-corrected chi connectivity index (χ3v) is 6.40. The fourth-order valence-corrected chi connectivity index (χ4v) is 4.71. The molecular weight excluding hydrogens is 563 g/mol. The Morgan fingerprint density at radius 1 is 0.789 bits per heavy atom. The van der Waals surface area contributed by atoms with Gasteiger partial charge >= 0.3 is 24.8 Å². The van der Waals surface area contributed by atoms with E-state index in [0.29, 0.717) is 41.8 Å². The van der Waals surface area contributed by atoms with Gasteiger partial charge in [0.1, 0.15) is 0 Å². The van der Waals surface area contributed by atoms with Gasteiger partial charge in [0.15, 0.2) is 25.1 Å². The Balaban J connectivity index is 0.00000400. The Bertz CT molecular complexity index is 1650. The maximum absolute atomic E-state index is 12.7. The fraction of sp³-hybridized carbons (Fsp3) is 0.143. The Morgan fingerprint density at radius 2 is 1.18 bits per heavy atom. The largest absolute Gasteiger partial charge is 1.00 e. The monoisotopic (exact) mass is 582 g/mol. The molecule has 2 aromatic heterocycles. The van der Waals surface area contributed by atoms with Gasteiger partial charge in [-0.3, -0.25) is 29.5 Å². The van der Waals surface area contributed by atoms with Crippen LogP contribution >= 0.6 is 48.9 Å². The number of aromatic nitrogens is 6. The summed E-state index contributed by atoms with van der Waals surface area (Å²) >= 11 is 21.0. The average molecular weight is 583 g/mol. The van der Waals surface area contributed by atoms with Gasteiger partial charge in [-0.2, -0.15) is 0 Å². The molecule has 2 unspecified atom stereocenters. The molecule has 12 nitrogen and oxygen atoms in total. The first-order valence-electron chi connectivity index (χ1n) is 10.5. The summed E-state index contributed by atoms with van der Waals surface area (Å²) in [5.74, 6) is -2.36. The van der Waals surface area contributed by atoms with Gasteiger partial charge in [0.25, 0.3) is 0 Å². The van der Waals surface area contributed by atoms with E-state index in [2.05, 4.69) is 31.0 Å². The molecule has 0 aliphatic rings. The molecule has 192 valence electrons. The summed E-state index contributed by atoms with van der Waals surface area (Å²) in [6.45, 7) is 0. The standard InChI is InChI=1S/C21H20N8O4S4.Li/c1-33-17(32)15(23-11-5-3-7-13(9-11)29-20(36)26-27-21(29)37)14(16(30)31)22-10-4-2-6-12(8-10)28-18(34)24-25-19(28)35;/h2-9,14-15,22-23H,1H3,(H,24,34)(H,25,35)(H,26,36)(H,27,37)(H,30,31);/q;+1/p-1. The van der Waals surface area contributed by atoms with Crippen LogP contribution in [0.15, 0.2) is 48.5 Å². The topological polar surface area (TPSA) is 164 Å². The van der Waals surface area contributed by atoms with Gasteiger partial charge in [-0.1, -0.05) is 12.1 Å². The zero-order valence-corrected chi connectivity index (χ0v) is 23.2. The van der Waals surface area contributed by atoms with Crippen molar-refractivity contribution >= 4 is 72.2 Å². The van der Waals surface area contributed by atoms with E-state index in [1.54, 1.807) is 57.7 Å². The van der Waals surface area contributed by atoms with Crippen LogP contribution in [0.5, 0.6) is 0 Å². The minimum atomic E-state index is -1.53. The molecule has 6 N–H and O–H groups in total. The van der Waals surface area contributed by atoms with Gasteiger partial charge in [-0.05, 0) is 85.3 Å². The van der Waals surface area contributed by atoms with Crippen molar-refractivity contribution in [2.24, 2.45) is 0 Å². The van der Waals surface area contributed by atoms with Crippen molar-refractivity contribution < 1.29 is 38.3 Å². The van der Waals surface area contributed by atoms with E-state index in [9.17, 15) is 14.7 Å². The first-order valence-corrected chi connectivity index (χ1v) is 12.1. The van der Waals surface area contributed by atoms with Crippen LogP contribution in [0.1, 0.15) is 0 Å². The first-order chi connectivity index (χ1) is 17.7. The Morgan fingerprint density at radius 3 is 1.55 bits per heavy atom. The molecule has 0 aliphatic carbocycles. The number of carbonyl (C=O) groups excluding carboxylic acids is 2. The summed E-state index contributed by atoms with van der Waals surface area (Å²) in [6.07, 6.45) is 0. The normalized spacial score (nSPS) is 12.1. The van der Waals surface area contributed by atoms with Gasteiger partial charge in [0.05, 0.1) is 30.5 Å². The Hall–Kier alpha value is -3.26. The molecule has 38 heavy (non-hydrogen) atoms. The number of hydrogen-bond acceptors (Lipinski definition) is 10. The van der Waals surface area contributed by atoms with Gasteiger partial charge in [0.2, 0.25) is 0 Å². The molecule has 0 saturated heterocycles. The van der Waals surface area contributed by atoms with Crippen molar-refractivity contribution in [2.45, 2.75) is 12.1 Å². The number of rotatable bonds is 9. The maximum Gasteiger partial charge on any atom is 1.00 e. The minimum absolute atomic E-state index is 0. The molecule has 0 saturated carbocycles. The third kappa shape index (κ3) is 6.23. The number of hydrogen-bond donors (Lipinski definition) is 6. The number of nitrogens with zero attached hydrogens (tertiary/aromatic N) is 2. The van der Waals surface area contributed by atoms with Crippen LogP contribution in [0.4, 0.5) is 11.4 Å². The van der Waals surface area contributed by atoms with Gasteiger partial charge in [-0.15, -0.1) is 0 Å². The number of nitrogens with one attached hydrogen (secondary N) is 6. The first kappa shape index (κ1) is 29.3. The number of methoxy groups -OCH3 is 1. The molecule has 0 radical (unpaired) electrons. The molecule has 0 fully saturated rings. The number of carboxylic acid groups (broad SMARTS) is 1. The number of esters is 1. The molecule has 0 spiro atoms. The fourth-order valence-electron chi connectivity index (χ4n) is 3.60. The number of anilines is 2. The molecule has 4 rings (SSSR count). The number of carbonyl (C=O) groups is 2. The minimum Gasteiger partial charge on any atom is -0.548 e. The van der Waals surface area contributed by atoms with Crippen molar-refractivity contribution in [3.05, 3.63) is 67.6 Å². The van der Waals surface area contributed by atoms with E-state index < -0.39 is 24.0 Å². The quantitative estimate of drug-likeness (QED) is 0.0877. The number of aliphatic carboxylic acids is 1. The van der Waals surface area contributed by atoms with Crippen LogP contribution < -0.4 is 34.6 Å². The summed E-state index contributed by atoms with van der Waals surface area (Å²) in [5, 5.41) is 28.9. The number of ether oxygens (including phenoxy) is 1. The Kier molecular flexibility index (Phi) is 9.65. The van der Waals surface area contributed by atoms with Crippen molar-refractivity contribution in [2.75, 3.05) is 17.7 Å². The molecule has 2 heterocycles. The summed E-state index contributed by atoms with van der Waals surface area (Å²) in [5.41, 5.74) is 1.95. The maximum atomic E-state index is 12.7. The second-order valence-corrected chi connectivity index (χ2v) is 9.13. The third-order valence-electron chi connectivity index (χ3n) is 5.26. The van der Waals surface area contributed by atoms with Crippen molar-refractivity contribution in [3.63, 3.8) is 0 Å². The van der Waals surface area contributed by atoms with Crippen molar-refractivity contribution in [3.8, 4) is 11.4 Å². The summed E-state index contributed by atoms with van der Waals surface area (Å²) in [6, 6.07) is 10.5. The van der Waals surface area contributed by atoms with Gasteiger partial charge < -0.3 is 25.3 Å². The van der Waals surface area contributed by atoms with E-state index in [4.69, 9.17) is 53.6 Å². The molecule has 2 atom stereocenters. The van der Waals surface area contributed by atoms with E-state index in [1.807, 2.05) is 0 Å². The molecule has 4 aromatic rings. The number of carboxylic acids is 1. The molecule has 0 aliphatic heterocycles. The second kappa shape index (κ2) is 12.5. The summed E-state index contributed by atoms with van der Waals surface area (Å²) in [4.78, 5) is 24.9. The van der Waals surface area contributed by atoms with Crippen molar-refractivity contribution in [1.82, 2.24) is 29.5 Å². The predicted molar refractivity (Wildman–Crippen MR) is 144 cm³/mol.